The van der Waals surface area contributed by atoms with Gasteiger partial charge in [-0.2, -0.15) is 0 Å². The topological polar surface area (TPSA) is 16.1 Å². The third-order valence-corrected chi connectivity index (χ3v) is 2.09. The van der Waals surface area contributed by atoms with E-state index in [0.29, 0.717) is 0 Å². The molecule has 0 atom stereocenters. The first-order valence-corrected chi connectivity index (χ1v) is 4.55. The highest BCUT2D eigenvalue weighted by atomic mass is 15.1. The zero-order valence-corrected chi connectivity index (χ0v) is 9.13. The smallest absolute Gasteiger partial charge is 0.0585 e. The Morgan fingerprint density at radius 3 is 2.23 bits per heavy atom. The van der Waals surface area contributed by atoms with Gasteiger partial charge in [-0.15, -0.1) is 0 Å². The molecule has 0 bridgehead atoms. The summed E-state index contributed by atoms with van der Waals surface area (Å²) in [6.07, 6.45) is 3.77. The van der Waals surface area contributed by atoms with Gasteiger partial charge in [0.1, 0.15) is 0 Å². The first-order chi connectivity index (χ1) is 5.93. The standard InChI is InChI=1S/C11H18N2/c1-11(2,3)9-6-7-12-8-10(9)13(4)5/h6-8H,1-5H3. The van der Waals surface area contributed by atoms with E-state index in [1.54, 1.807) is 0 Å². The Bertz CT molecular complexity index is 284. The second kappa shape index (κ2) is 3.36. The van der Waals surface area contributed by atoms with Gasteiger partial charge in [0.25, 0.3) is 0 Å². The highest BCUT2D eigenvalue weighted by molar-refractivity contribution is 5.53. The van der Waals surface area contributed by atoms with Crippen LogP contribution < -0.4 is 4.90 Å². The number of hydrogen-bond acceptors (Lipinski definition) is 2. The van der Waals surface area contributed by atoms with Gasteiger partial charge in [0.05, 0.1) is 11.9 Å². The summed E-state index contributed by atoms with van der Waals surface area (Å²) in [5.41, 5.74) is 2.73. The minimum absolute atomic E-state index is 0.183. The lowest BCUT2D eigenvalue weighted by molar-refractivity contribution is 0.589. The first kappa shape index (κ1) is 10.0. The van der Waals surface area contributed by atoms with Gasteiger partial charge in [-0.25, -0.2) is 0 Å². The van der Waals surface area contributed by atoms with Crippen molar-refractivity contribution in [3.8, 4) is 0 Å². The van der Waals surface area contributed by atoms with Gasteiger partial charge in [-0.05, 0) is 17.0 Å². The fourth-order valence-corrected chi connectivity index (χ4v) is 1.38. The van der Waals surface area contributed by atoms with E-state index in [1.807, 2.05) is 26.5 Å². The van der Waals surface area contributed by atoms with Crippen molar-refractivity contribution in [2.45, 2.75) is 26.2 Å². The molecule has 1 aromatic heterocycles. The van der Waals surface area contributed by atoms with Crippen LogP contribution in [0.3, 0.4) is 0 Å². The van der Waals surface area contributed by atoms with E-state index in [9.17, 15) is 0 Å². The highest BCUT2D eigenvalue weighted by Gasteiger charge is 2.18. The van der Waals surface area contributed by atoms with Crippen molar-refractivity contribution in [1.82, 2.24) is 4.98 Å². The van der Waals surface area contributed by atoms with E-state index < -0.39 is 0 Å². The Balaban J connectivity index is 3.20. The lowest BCUT2D eigenvalue weighted by Crippen LogP contribution is -2.19. The SMILES string of the molecule is CN(C)c1cnccc1C(C)(C)C. The lowest BCUT2D eigenvalue weighted by atomic mass is 9.86. The van der Waals surface area contributed by atoms with Crippen molar-refractivity contribution in [3.63, 3.8) is 0 Å². The maximum Gasteiger partial charge on any atom is 0.0585 e. The molecule has 1 aromatic rings. The van der Waals surface area contributed by atoms with Crippen LogP contribution in [0, 0.1) is 0 Å². The molecule has 0 amide bonds. The third-order valence-electron chi connectivity index (χ3n) is 2.09. The maximum atomic E-state index is 4.14. The molecule has 0 saturated heterocycles. The number of pyridine rings is 1. The van der Waals surface area contributed by atoms with E-state index >= 15 is 0 Å². The predicted molar refractivity (Wildman–Crippen MR) is 57.3 cm³/mol. The number of nitrogens with zero attached hydrogens (tertiary/aromatic N) is 2. The van der Waals surface area contributed by atoms with Crippen molar-refractivity contribution in [2.75, 3.05) is 19.0 Å². The first-order valence-electron chi connectivity index (χ1n) is 4.55. The molecule has 2 heteroatoms. The summed E-state index contributed by atoms with van der Waals surface area (Å²) in [4.78, 5) is 6.24. The van der Waals surface area contributed by atoms with Crippen molar-refractivity contribution in [3.05, 3.63) is 24.0 Å². The van der Waals surface area contributed by atoms with Crippen molar-refractivity contribution < 1.29 is 0 Å². The Morgan fingerprint density at radius 2 is 1.85 bits per heavy atom. The summed E-state index contributed by atoms with van der Waals surface area (Å²) >= 11 is 0. The largest absolute Gasteiger partial charge is 0.376 e. The van der Waals surface area contributed by atoms with Gasteiger partial charge in [0, 0.05) is 20.3 Å². The summed E-state index contributed by atoms with van der Waals surface area (Å²) < 4.78 is 0. The summed E-state index contributed by atoms with van der Waals surface area (Å²) in [7, 11) is 4.10. The summed E-state index contributed by atoms with van der Waals surface area (Å²) in [5, 5.41) is 0. The molecule has 0 aliphatic heterocycles. The van der Waals surface area contributed by atoms with Gasteiger partial charge < -0.3 is 4.90 Å². The van der Waals surface area contributed by atoms with Crippen LogP contribution >= 0.6 is 0 Å². The van der Waals surface area contributed by atoms with Crippen LogP contribution in [0.25, 0.3) is 0 Å². The van der Waals surface area contributed by atoms with Crippen LogP contribution in [0.2, 0.25) is 0 Å². The minimum Gasteiger partial charge on any atom is -0.376 e. The van der Waals surface area contributed by atoms with Gasteiger partial charge in [0.2, 0.25) is 0 Å². The molecule has 0 radical (unpaired) electrons. The van der Waals surface area contributed by atoms with Gasteiger partial charge >= 0.3 is 0 Å². The van der Waals surface area contributed by atoms with Crippen molar-refractivity contribution in [2.24, 2.45) is 0 Å². The molecule has 72 valence electrons. The Hall–Kier alpha value is -1.05. The Morgan fingerprint density at radius 1 is 1.23 bits per heavy atom. The molecule has 1 rings (SSSR count). The van der Waals surface area contributed by atoms with E-state index in [1.165, 1.54) is 11.3 Å². The third kappa shape index (κ3) is 2.20. The van der Waals surface area contributed by atoms with Crippen LogP contribution in [0.5, 0.6) is 0 Å². The summed E-state index contributed by atoms with van der Waals surface area (Å²) in [5.74, 6) is 0. The Kier molecular flexibility index (Phi) is 2.60. The summed E-state index contributed by atoms with van der Waals surface area (Å²) in [6.45, 7) is 6.65. The van der Waals surface area contributed by atoms with Crippen LogP contribution in [-0.2, 0) is 5.41 Å². The monoisotopic (exact) mass is 178 g/mol. The maximum absolute atomic E-state index is 4.14. The summed E-state index contributed by atoms with van der Waals surface area (Å²) in [6, 6.07) is 2.09. The van der Waals surface area contributed by atoms with Crippen LogP contribution in [0.4, 0.5) is 5.69 Å². The van der Waals surface area contributed by atoms with E-state index in [-0.39, 0.29) is 5.41 Å². The molecule has 1 heterocycles. The molecule has 0 spiro atoms. The van der Waals surface area contributed by atoms with Crippen LogP contribution in [0.1, 0.15) is 26.3 Å². The lowest BCUT2D eigenvalue weighted by Gasteiger charge is -2.25. The average molecular weight is 178 g/mol. The number of aromatic nitrogens is 1. The molecular weight excluding hydrogens is 160 g/mol. The molecule has 0 saturated carbocycles. The molecule has 0 aromatic carbocycles. The normalized spacial score (nSPS) is 11.5. The van der Waals surface area contributed by atoms with Gasteiger partial charge in [-0.1, -0.05) is 20.8 Å². The molecule has 0 fully saturated rings. The van der Waals surface area contributed by atoms with E-state index in [2.05, 4.69) is 36.7 Å². The fraction of sp³-hybridized carbons (Fsp3) is 0.545. The Labute approximate surface area is 80.6 Å². The molecule has 0 N–H and O–H groups in total. The fourth-order valence-electron chi connectivity index (χ4n) is 1.38. The van der Waals surface area contributed by atoms with Gasteiger partial charge in [0.15, 0.2) is 0 Å². The molecule has 0 aliphatic rings. The minimum atomic E-state index is 0.183. The van der Waals surface area contributed by atoms with Crippen LogP contribution in [0.15, 0.2) is 18.5 Å². The highest BCUT2D eigenvalue weighted by Crippen LogP contribution is 2.29. The number of rotatable bonds is 1. The molecule has 13 heavy (non-hydrogen) atoms. The zero-order chi connectivity index (χ0) is 10.1. The van der Waals surface area contributed by atoms with Gasteiger partial charge in [-0.3, -0.25) is 4.98 Å². The number of anilines is 1. The molecule has 0 unspecified atom stereocenters. The second-order valence-electron chi connectivity index (χ2n) is 4.54. The molecular formula is C11H18N2. The van der Waals surface area contributed by atoms with Crippen LogP contribution in [-0.4, -0.2) is 19.1 Å². The quantitative estimate of drug-likeness (QED) is 0.656. The van der Waals surface area contributed by atoms with E-state index in [0.717, 1.165) is 0 Å². The average Bonchev–Trinajstić information content (AvgIpc) is 2.03. The van der Waals surface area contributed by atoms with Crippen molar-refractivity contribution in [1.29, 1.82) is 0 Å². The predicted octanol–water partition coefficient (Wildman–Crippen LogP) is 2.45. The molecule has 2 nitrogen and oxygen atoms in total. The van der Waals surface area contributed by atoms with Crippen molar-refractivity contribution >= 4 is 5.69 Å². The number of hydrogen-bond donors (Lipinski definition) is 0. The second-order valence-corrected chi connectivity index (χ2v) is 4.54. The zero-order valence-electron chi connectivity index (χ0n) is 9.13. The van der Waals surface area contributed by atoms with E-state index in [4.69, 9.17) is 0 Å². The molecule has 0 aliphatic carbocycles.